The van der Waals surface area contributed by atoms with Gasteiger partial charge in [-0.15, -0.1) is 0 Å². The van der Waals surface area contributed by atoms with E-state index in [1.54, 1.807) is 17.1 Å². The molecule has 3 aromatic rings. The maximum absolute atomic E-state index is 12.8. The van der Waals surface area contributed by atoms with Crippen LogP contribution in [0.1, 0.15) is 57.2 Å². The second-order valence-electron chi connectivity index (χ2n) is 8.20. The van der Waals surface area contributed by atoms with Gasteiger partial charge in [-0.1, -0.05) is 29.8 Å². The van der Waals surface area contributed by atoms with E-state index < -0.39 is 0 Å². The number of benzene rings is 1. The van der Waals surface area contributed by atoms with Crippen molar-refractivity contribution in [3.8, 4) is 0 Å². The van der Waals surface area contributed by atoms with E-state index in [4.69, 9.17) is 4.98 Å². The van der Waals surface area contributed by atoms with Crippen LogP contribution in [-0.4, -0.2) is 38.7 Å². The van der Waals surface area contributed by atoms with Crippen molar-refractivity contribution in [3.05, 3.63) is 82.4 Å². The van der Waals surface area contributed by atoms with E-state index in [0.717, 1.165) is 37.2 Å². The second kappa shape index (κ2) is 8.19. The number of carbonyl (C=O) groups excluding carboxylic acids is 1. The minimum atomic E-state index is 0.0652. The average Bonchev–Trinajstić information content (AvgIpc) is 3.13. The van der Waals surface area contributed by atoms with Crippen LogP contribution in [0.15, 0.2) is 48.8 Å². The molecule has 3 heterocycles. The Morgan fingerprint density at radius 3 is 2.79 bits per heavy atom. The zero-order valence-corrected chi connectivity index (χ0v) is 17.4. The highest BCUT2D eigenvalue weighted by Crippen LogP contribution is 2.28. The van der Waals surface area contributed by atoms with Crippen LogP contribution < -0.4 is 0 Å². The fourth-order valence-electron chi connectivity index (χ4n) is 4.25. The predicted octanol–water partition coefficient (Wildman–Crippen LogP) is 4.04. The van der Waals surface area contributed by atoms with Crippen LogP contribution in [0.5, 0.6) is 0 Å². The van der Waals surface area contributed by atoms with Crippen molar-refractivity contribution in [2.75, 3.05) is 13.1 Å². The molecular weight excluding hydrogens is 360 g/mol. The zero-order valence-electron chi connectivity index (χ0n) is 17.4. The first-order valence-corrected chi connectivity index (χ1v) is 10.3. The lowest BCUT2D eigenvalue weighted by Crippen LogP contribution is -2.39. The lowest BCUT2D eigenvalue weighted by Gasteiger charge is -2.32. The molecule has 4 rings (SSSR count). The van der Waals surface area contributed by atoms with Gasteiger partial charge in [-0.2, -0.15) is 5.10 Å². The zero-order chi connectivity index (χ0) is 20.4. The van der Waals surface area contributed by atoms with Crippen LogP contribution in [0.2, 0.25) is 0 Å². The summed E-state index contributed by atoms with van der Waals surface area (Å²) in [6, 6.07) is 13.1. The van der Waals surface area contributed by atoms with Crippen molar-refractivity contribution in [1.29, 1.82) is 0 Å². The van der Waals surface area contributed by atoms with Gasteiger partial charge in [0.15, 0.2) is 0 Å². The molecular formula is C24H28N4O. The third-order valence-corrected chi connectivity index (χ3v) is 5.60. The molecule has 150 valence electrons. The van der Waals surface area contributed by atoms with E-state index in [1.807, 2.05) is 11.9 Å². The minimum absolute atomic E-state index is 0.0652. The summed E-state index contributed by atoms with van der Waals surface area (Å²) in [5.74, 6) is 0.343. The summed E-state index contributed by atoms with van der Waals surface area (Å²) >= 11 is 0. The van der Waals surface area contributed by atoms with Gasteiger partial charge in [0.2, 0.25) is 0 Å². The normalized spacial score (nSPS) is 16.8. The number of nitrogens with zero attached hydrogens (tertiary/aromatic N) is 4. The summed E-state index contributed by atoms with van der Waals surface area (Å²) in [6.45, 7) is 5.70. The lowest BCUT2D eigenvalue weighted by atomic mass is 9.92. The van der Waals surface area contributed by atoms with Crippen LogP contribution in [0.3, 0.4) is 0 Å². The predicted molar refractivity (Wildman–Crippen MR) is 114 cm³/mol. The molecule has 1 saturated heterocycles. The fraction of sp³-hybridized carbons (Fsp3) is 0.375. The van der Waals surface area contributed by atoms with Crippen LogP contribution in [0, 0.1) is 13.8 Å². The van der Waals surface area contributed by atoms with Crippen molar-refractivity contribution in [2.24, 2.45) is 7.05 Å². The molecule has 2 aromatic heterocycles. The minimum Gasteiger partial charge on any atom is -0.338 e. The summed E-state index contributed by atoms with van der Waals surface area (Å²) in [4.78, 5) is 19.6. The van der Waals surface area contributed by atoms with Gasteiger partial charge >= 0.3 is 0 Å². The lowest BCUT2D eigenvalue weighted by molar-refractivity contribution is 0.0706. The highest BCUT2D eigenvalue weighted by Gasteiger charge is 2.27. The molecule has 1 amide bonds. The summed E-state index contributed by atoms with van der Waals surface area (Å²) < 4.78 is 1.67. The molecule has 1 aliphatic heterocycles. The molecule has 1 aromatic carbocycles. The van der Waals surface area contributed by atoms with Crippen molar-refractivity contribution < 1.29 is 4.79 Å². The van der Waals surface area contributed by atoms with E-state index in [1.165, 1.54) is 16.7 Å². The Kier molecular flexibility index (Phi) is 5.47. The van der Waals surface area contributed by atoms with Gasteiger partial charge in [-0.3, -0.25) is 14.5 Å². The first-order valence-electron chi connectivity index (χ1n) is 10.3. The highest BCUT2D eigenvalue weighted by molar-refractivity contribution is 5.93. The molecule has 0 N–H and O–H groups in total. The molecule has 5 nitrogen and oxygen atoms in total. The number of likely N-dealkylation sites (tertiary alicyclic amines) is 1. The Hall–Kier alpha value is -2.95. The van der Waals surface area contributed by atoms with Crippen LogP contribution in [0.25, 0.3) is 0 Å². The molecule has 1 fully saturated rings. The van der Waals surface area contributed by atoms with Gasteiger partial charge in [-0.25, -0.2) is 0 Å². The maximum Gasteiger partial charge on any atom is 0.257 e. The summed E-state index contributed by atoms with van der Waals surface area (Å²) in [6.07, 6.45) is 6.41. The van der Waals surface area contributed by atoms with Crippen LogP contribution in [-0.2, 0) is 13.5 Å². The molecule has 0 bridgehead atoms. The van der Waals surface area contributed by atoms with Gasteiger partial charge in [0, 0.05) is 43.6 Å². The second-order valence-corrected chi connectivity index (χ2v) is 8.20. The number of carbonyl (C=O) groups is 1. The Balaban J connectivity index is 1.52. The molecule has 1 aliphatic rings. The molecule has 1 unspecified atom stereocenters. The van der Waals surface area contributed by atoms with Crippen LogP contribution in [0.4, 0.5) is 0 Å². The molecule has 29 heavy (non-hydrogen) atoms. The number of aromatic nitrogens is 3. The largest absolute Gasteiger partial charge is 0.338 e. The Morgan fingerprint density at radius 1 is 1.17 bits per heavy atom. The number of pyridine rings is 1. The van der Waals surface area contributed by atoms with Crippen molar-refractivity contribution in [3.63, 3.8) is 0 Å². The molecule has 0 saturated carbocycles. The molecule has 0 aliphatic carbocycles. The third-order valence-electron chi connectivity index (χ3n) is 5.60. The summed E-state index contributed by atoms with van der Waals surface area (Å²) in [5.41, 5.74) is 6.69. The number of rotatable bonds is 4. The number of hydrogen-bond acceptors (Lipinski definition) is 3. The van der Waals surface area contributed by atoms with Crippen LogP contribution >= 0.6 is 0 Å². The van der Waals surface area contributed by atoms with Gasteiger partial charge < -0.3 is 4.90 Å². The Bertz CT molecular complexity index is 1020. The summed E-state index contributed by atoms with van der Waals surface area (Å²) in [5, 5.41) is 4.14. The first-order chi connectivity index (χ1) is 14.0. The third kappa shape index (κ3) is 4.56. The van der Waals surface area contributed by atoms with Crippen molar-refractivity contribution >= 4 is 5.91 Å². The summed E-state index contributed by atoms with van der Waals surface area (Å²) in [7, 11) is 1.84. The monoisotopic (exact) mass is 388 g/mol. The number of hydrogen-bond donors (Lipinski definition) is 0. The molecule has 0 spiro atoms. The quantitative estimate of drug-likeness (QED) is 0.678. The molecule has 1 atom stereocenters. The first kappa shape index (κ1) is 19.4. The standard InChI is InChI=1S/C24H28N4O/c1-17-6-4-7-19(10-17)12-20-11-18(2)26-23(13-20)21-8-5-9-28(16-21)24(29)22-14-25-27(3)15-22/h4,6-7,10-11,13-15,21H,5,8-9,12,16H2,1-3H3. The fourth-order valence-corrected chi connectivity index (χ4v) is 4.25. The van der Waals surface area contributed by atoms with E-state index in [2.05, 4.69) is 55.3 Å². The maximum atomic E-state index is 12.8. The van der Waals surface area contributed by atoms with Gasteiger partial charge in [-0.05, 0) is 56.4 Å². The van der Waals surface area contributed by atoms with E-state index in [0.29, 0.717) is 12.1 Å². The van der Waals surface area contributed by atoms with Gasteiger partial charge in [0.1, 0.15) is 0 Å². The van der Waals surface area contributed by atoms with E-state index in [-0.39, 0.29) is 11.8 Å². The van der Waals surface area contributed by atoms with Crippen molar-refractivity contribution in [1.82, 2.24) is 19.7 Å². The van der Waals surface area contributed by atoms with E-state index >= 15 is 0 Å². The number of piperidine rings is 1. The Morgan fingerprint density at radius 2 is 2.03 bits per heavy atom. The average molecular weight is 389 g/mol. The SMILES string of the molecule is Cc1cccc(Cc2cc(C)nc(C3CCCN(C(=O)c4cnn(C)c4)C3)c2)c1. The number of amides is 1. The van der Waals surface area contributed by atoms with Gasteiger partial charge in [0.25, 0.3) is 5.91 Å². The topological polar surface area (TPSA) is 51.0 Å². The molecule has 5 heteroatoms. The highest BCUT2D eigenvalue weighted by atomic mass is 16.2. The van der Waals surface area contributed by atoms with E-state index in [9.17, 15) is 4.79 Å². The Labute approximate surface area is 172 Å². The number of aryl methyl sites for hydroxylation is 3. The van der Waals surface area contributed by atoms with Gasteiger partial charge in [0.05, 0.1) is 11.8 Å². The molecule has 0 radical (unpaired) electrons. The van der Waals surface area contributed by atoms with Crippen molar-refractivity contribution in [2.45, 2.75) is 39.0 Å². The smallest absolute Gasteiger partial charge is 0.257 e.